The van der Waals surface area contributed by atoms with E-state index in [1.807, 2.05) is 0 Å². The summed E-state index contributed by atoms with van der Waals surface area (Å²) in [7, 11) is 0. The zero-order valence-electron chi connectivity index (χ0n) is 15.4. The van der Waals surface area contributed by atoms with E-state index >= 15 is 0 Å². The van der Waals surface area contributed by atoms with Crippen molar-refractivity contribution in [1.82, 2.24) is 4.98 Å². The van der Waals surface area contributed by atoms with Gasteiger partial charge in [-0.25, -0.2) is 4.98 Å². The van der Waals surface area contributed by atoms with Crippen LogP contribution in [0.2, 0.25) is 5.02 Å². The molecule has 0 spiro atoms. The SMILES string of the molecule is O=C(Nc1nc2ccc(C(F)(F)F)cc2s1)c1cc(Cl)cc(C2CCCCO2)c1O. The average Bonchev–Trinajstić information content (AvgIpc) is 3.10. The van der Waals surface area contributed by atoms with Crippen LogP contribution in [0.4, 0.5) is 18.3 Å². The van der Waals surface area contributed by atoms with E-state index in [1.54, 1.807) is 6.07 Å². The molecule has 0 radical (unpaired) electrons. The number of alkyl halides is 3. The Labute approximate surface area is 178 Å². The number of phenolic OH excluding ortho intramolecular Hbond substituents is 1. The van der Waals surface area contributed by atoms with Crippen molar-refractivity contribution in [3.05, 3.63) is 52.0 Å². The van der Waals surface area contributed by atoms with Crippen molar-refractivity contribution in [2.24, 2.45) is 0 Å². The van der Waals surface area contributed by atoms with E-state index in [1.165, 1.54) is 12.1 Å². The Kier molecular flexibility index (Phi) is 5.61. The molecule has 2 heterocycles. The van der Waals surface area contributed by atoms with Crippen LogP contribution in [-0.2, 0) is 10.9 Å². The van der Waals surface area contributed by atoms with Crippen molar-refractivity contribution in [3.8, 4) is 5.75 Å². The fraction of sp³-hybridized carbons (Fsp3) is 0.300. The molecule has 1 unspecified atom stereocenters. The zero-order valence-corrected chi connectivity index (χ0v) is 17.0. The van der Waals surface area contributed by atoms with Gasteiger partial charge >= 0.3 is 6.18 Å². The van der Waals surface area contributed by atoms with E-state index in [2.05, 4.69) is 10.3 Å². The molecule has 4 rings (SSSR count). The first kappa shape index (κ1) is 20.9. The third-order valence-electron chi connectivity index (χ3n) is 4.81. The number of amides is 1. The maximum atomic E-state index is 12.9. The van der Waals surface area contributed by atoms with Crippen LogP contribution in [0.25, 0.3) is 10.2 Å². The molecule has 5 nitrogen and oxygen atoms in total. The Morgan fingerprint density at radius 1 is 1.27 bits per heavy atom. The van der Waals surface area contributed by atoms with Gasteiger partial charge in [0.25, 0.3) is 5.91 Å². The Morgan fingerprint density at radius 3 is 2.77 bits per heavy atom. The van der Waals surface area contributed by atoms with E-state index in [-0.39, 0.29) is 32.3 Å². The van der Waals surface area contributed by atoms with Crippen LogP contribution < -0.4 is 5.32 Å². The lowest BCUT2D eigenvalue weighted by atomic mass is 9.98. The van der Waals surface area contributed by atoms with E-state index in [0.717, 1.165) is 36.3 Å². The molecule has 1 aromatic heterocycles. The summed E-state index contributed by atoms with van der Waals surface area (Å²) in [4.78, 5) is 16.9. The van der Waals surface area contributed by atoms with Crippen LogP contribution in [-0.4, -0.2) is 22.6 Å². The smallest absolute Gasteiger partial charge is 0.416 e. The molecule has 158 valence electrons. The summed E-state index contributed by atoms with van der Waals surface area (Å²) < 4.78 is 44.6. The highest BCUT2D eigenvalue weighted by atomic mass is 35.5. The molecule has 30 heavy (non-hydrogen) atoms. The number of nitrogens with one attached hydrogen (secondary N) is 1. The first-order valence-electron chi connectivity index (χ1n) is 9.15. The van der Waals surface area contributed by atoms with Gasteiger partial charge in [-0.3, -0.25) is 10.1 Å². The molecule has 10 heteroatoms. The minimum atomic E-state index is -4.47. The van der Waals surface area contributed by atoms with Crippen LogP contribution in [0.15, 0.2) is 30.3 Å². The monoisotopic (exact) mass is 456 g/mol. The molecule has 1 atom stereocenters. The molecule has 1 saturated heterocycles. The van der Waals surface area contributed by atoms with Crippen LogP contribution in [0, 0.1) is 0 Å². The molecule has 0 bridgehead atoms. The third-order valence-corrected chi connectivity index (χ3v) is 5.96. The Balaban J connectivity index is 1.61. The Hall–Kier alpha value is -2.36. The maximum absolute atomic E-state index is 12.9. The van der Waals surface area contributed by atoms with Gasteiger partial charge in [-0.05, 0) is 49.6 Å². The predicted molar refractivity (Wildman–Crippen MR) is 108 cm³/mol. The normalized spacial score (nSPS) is 17.3. The molecule has 3 aromatic rings. The summed E-state index contributed by atoms with van der Waals surface area (Å²) >= 11 is 7.06. The fourth-order valence-corrected chi connectivity index (χ4v) is 4.47. The van der Waals surface area contributed by atoms with E-state index in [0.29, 0.717) is 24.1 Å². The van der Waals surface area contributed by atoms with Crippen LogP contribution >= 0.6 is 22.9 Å². The van der Waals surface area contributed by atoms with E-state index in [9.17, 15) is 23.1 Å². The first-order chi connectivity index (χ1) is 14.2. The average molecular weight is 457 g/mol. The van der Waals surface area contributed by atoms with Gasteiger partial charge in [0, 0.05) is 17.2 Å². The quantitative estimate of drug-likeness (QED) is 0.494. The zero-order chi connectivity index (χ0) is 21.5. The highest BCUT2D eigenvalue weighted by molar-refractivity contribution is 7.22. The number of benzene rings is 2. The van der Waals surface area contributed by atoms with Crippen molar-refractivity contribution in [2.45, 2.75) is 31.5 Å². The Morgan fingerprint density at radius 2 is 2.07 bits per heavy atom. The molecule has 1 fully saturated rings. The lowest BCUT2D eigenvalue weighted by molar-refractivity contribution is -0.137. The minimum absolute atomic E-state index is 0.0538. The molecule has 0 aliphatic carbocycles. The van der Waals surface area contributed by atoms with Gasteiger partial charge in [-0.15, -0.1) is 0 Å². The second-order valence-electron chi connectivity index (χ2n) is 6.90. The third kappa shape index (κ3) is 4.23. The molecule has 2 aromatic carbocycles. The lowest BCUT2D eigenvalue weighted by Crippen LogP contribution is -2.15. The number of aromatic hydroxyl groups is 1. The highest BCUT2D eigenvalue weighted by Gasteiger charge is 2.31. The van der Waals surface area contributed by atoms with Gasteiger partial charge in [0.2, 0.25) is 0 Å². The standard InChI is InChI=1S/C20H16ClF3N2O3S/c21-11-8-12(15-3-1-2-6-29-15)17(27)13(9-11)18(28)26-19-25-14-5-4-10(20(22,23)24)7-16(14)30-19/h4-5,7-9,15,27H,1-3,6H2,(H,25,26,28). The molecule has 2 N–H and O–H groups in total. The van der Waals surface area contributed by atoms with Gasteiger partial charge in [-0.2, -0.15) is 13.2 Å². The molecule has 1 aliphatic rings. The summed E-state index contributed by atoms with van der Waals surface area (Å²) in [5.74, 6) is -0.897. The van der Waals surface area contributed by atoms with Gasteiger partial charge in [-0.1, -0.05) is 22.9 Å². The number of aromatic nitrogens is 1. The van der Waals surface area contributed by atoms with Crippen molar-refractivity contribution < 1.29 is 27.8 Å². The van der Waals surface area contributed by atoms with Gasteiger partial charge in [0.05, 0.1) is 27.4 Å². The maximum Gasteiger partial charge on any atom is 0.416 e. The number of thiazole rings is 1. The van der Waals surface area contributed by atoms with Gasteiger partial charge in [0.1, 0.15) is 5.75 Å². The number of fused-ring (bicyclic) bond motifs is 1. The minimum Gasteiger partial charge on any atom is -0.507 e. The van der Waals surface area contributed by atoms with Crippen molar-refractivity contribution in [3.63, 3.8) is 0 Å². The highest BCUT2D eigenvalue weighted by Crippen LogP contribution is 2.38. The van der Waals surface area contributed by atoms with E-state index < -0.39 is 17.6 Å². The van der Waals surface area contributed by atoms with Crippen molar-refractivity contribution >= 4 is 44.2 Å². The van der Waals surface area contributed by atoms with Gasteiger partial charge < -0.3 is 9.84 Å². The number of rotatable bonds is 3. The second kappa shape index (κ2) is 8.05. The number of hydrogen-bond acceptors (Lipinski definition) is 5. The number of anilines is 1. The van der Waals surface area contributed by atoms with Crippen molar-refractivity contribution in [1.29, 1.82) is 0 Å². The van der Waals surface area contributed by atoms with Gasteiger partial charge in [0.15, 0.2) is 5.13 Å². The van der Waals surface area contributed by atoms with Crippen LogP contribution in [0.1, 0.15) is 46.9 Å². The number of phenols is 1. The van der Waals surface area contributed by atoms with Crippen LogP contribution in [0.5, 0.6) is 5.75 Å². The number of halogens is 4. The summed E-state index contributed by atoms with van der Waals surface area (Å²) in [6.07, 6.45) is -2.25. The van der Waals surface area contributed by atoms with Crippen molar-refractivity contribution in [2.75, 3.05) is 11.9 Å². The molecular weight excluding hydrogens is 441 g/mol. The summed E-state index contributed by atoms with van der Waals surface area (Å²) in [5.41, 5.74) is -0.0792. The van der Waals surface area contributed by atoms with Crippen LogP contribution in [0.3, 0.4) is 0 Å². The summed E-state index contributed by atoms with van der Waals surface area (Å²) in [6.45, 7) is 0.559. The fourth-order valence-electron chi connectivity index (χ4n) is 3.34. The Bertz CT molecular complexity index is 1110. The number of carbonyl (C=O) groups is 1. The van der Waals surface area contributed by atoms with E-state index in [4.69, 9.17) is 16.3 Å². The number of hydrogen-bond donors (Lipinski definition) is 2. The number of carbonyl (C=O) groups excluding carboxylic acids is 1. The number of ether oxygens (including phenoxy) is 1. The molecule has 1 aliphatic heterocycles. The largest absolute Gasteiger partial charge is 0.507 e. The molecular formula is C20H16ClF3N2O3S. The predicted octanol–water partition coefficient (Wildman–Crippen LogP) is 6.17. The molecule has 1 amide bonds. The number of nitrogens with zero attached hydrogens (tertiary/aromatic N) is 1. The topological polar surface area (TPSA) is 71.5 Å². The second-order valence-corrected chi connectivity index (χ2v) is 8.37. The first-order valence-corrected chi connectivity index (χ1v) is 10.3. The summed E-state index contributed by atoms with van der Waals surface area (Å²) in [5, 5.41) is 13.5. The lowest BCUT2D eigenvalue weighted by Gasteiger charge is -2.24. The summed E-state index contributed by atoms with van der Waals surface area (Å²) in [6, 6.07) is 6.07. The molecule has 0 saturated carbocycles.